The van der Waals surface area contributed by atoms with E-state index in [1.807, 2.05) is 34.7 Å². The van der Waals surface area contributed by atoms with Gasteiger partial charge in [-0.05, 0) is 34.9 Å². The summed E-state index contributed by atoms with van der Waals surface area (Å²) in [5.74, 6) is 0.437. The number of nitrogens with two attached hydrogens (primary N) is 1. The van der Waals surface area contributed by atoms with Crippen LogP contribution in [0.2, 0.25) is 0 Å². The molecule has 4 heterocycles. The fourth-order valence-electron chi connectivity index (χ4n) is 3.04. The number of aromatic amines is 1. The Balaban J connectivity index is 1.40. The predicted octanol–water partition coefficient (Wildman–Crippen LogP) is 2.38. The molecule has 0 spiro atoms. The molecule has 0 saturated heterocycles. The third-order valence-corrected chi connectivity index (χ3v) is 5.00. The first-order valence-corrected chi connectivity index (χ1v) is 8.92. The van der Waals surface area contributed by atoms with Crippen molar-refractivity contribution in [2.75, 3.05) is 5.73 Å². The van der Waals surface area contributed by atoms with Crippen molar-refractivity contribution < 1.29 is 0 Å². The van der Waals surface area contributed by atoms with Gasteiger partial charge in [0.1, 0.15) is 11.3 Å². The molecule has 128 valence electrons. The number of nitrogens with one attached hydrogen (secondary N) is 1. The Morgan fingerprint density at radius 1 is 1.15 bits per heavy atom. The summed E-state index contributed by atoms with van der Waals surface area (Å²) < 4.78 is 3.12. The Morgan fingerprint density at radius 3 is 3.08 bits per heavy atom. The normalized spacial score (nSPS) is 11.5. The van der Waals surface area contributed by atoms with Crippen LogP contribution in [0, 0.1) is 0 Å². The Hall–Kier alpha value is -3.33. The maximum Gasteiger partial charge on any atom is 0.203 e. The average molecular weight is 362 g/mol. The second-order valence-corrected chi connectivity index (χ2v) is 6.97. The van der Waals surface area contributed by atoms with Crippen molar-refractivity contribution in [3.05, 3.63) is 58.9 Å². The molecule has 5 rings (SSSR count). The maximum atomic E-state index is 5.86. The van der Waals surface area contributed by atoms with Crippen molar-refractivity contribution in [1.82, 2.24) is 35.2 Å². The lowest BCUT2D eigenvalue weighted by atomic mass is 10.1. The molecule has 9 heteroatoms. The fraction of sp³-hybridized carbons (Fsp3) is 0.118. The van der Waals surface area contributed by atoms with Crippen molar-refractivity contribution in [2.45, 2.75) is 13.0 Å². The molecule has 26 heavy (non-hydrogen) atoms. The van der Waals surface area contributed by atoms with E-state index in [0.29, 0.717) is 24.4 Å². The lowest BCUT2D eigenvalue weighted by Crippen LogP contribution is -1.99. The van der Waals surface area contributed by atoms with Gasteiger partial charge in [-0.3, -0.25) is 4.68 Å². The predicted molar refractivity (Wildman–Crippen MR) is 99.9 cm³/mol. The summed E-state index contributed by atoms with van der Waals surface area (Å²) in [7, 11) is 0. The minimum absolute atomic E-state index is 0.437. The van der Waals surface area contributed by atoms with Gasteiger partial charge in [-0.1, -0.05) is 6.07 Å². The molecule has 1 aromatic carbocycles. The van der Waals surface area contributed by atoms with Gasteiger partial charge in [0.2, 0.25) is 5.65 Å². The average Bonchev–Trinajstić information content (AvgIpc) is 3.35. The number of benzene rings is 1. The summed E-state index contributed by atoms with van der Waals surface area (Å²) in [6.07, 6.45) is 4.58. The molecule has 8 nitrogen and oxygen atoms in total. The Kier molecular flexibility index (Phi) is 3.39. The van der Waals surface area contributed by atoms with Crippen LogP contribution in [0.25, 0.3) is 21.4 Å². The highest BCUT2D eigenvalue weighted by Crippen LogP contribution is 2.21. The number of thiazole rings is 1. The molecule has 0 aliphatic carbocycles. The summed E-state index contributed by atoms with van der Waals surface area (Å²) in [4.78, 5) is 8.48. The van der Waals surface area contributed by atoms with Crippen LogP contribution in [0.15, 0.2) is 42.2 Å². The van der Waals surface area contributed by atoms with Crippen LogP contribution in [0.5, 0.6) is 0 Å². The highest BCUT2D eigenvalue weighted by molar-refractivity contribution is 7.16. The Labute approximate surface area is 151 Å². The quantitative estimate of drug-likeness (QED) is 0.508. The summed E-state index contributed by atoms with van der Waals surface area (Å²) in [6.45, 7) is 0.714. The molecular weight excluding hydrogens is 348 g/mol. The number of hydrogen-bond donors (Lipinski definition) is 2. The standard InChI is InChI=1S/C17H14N8S/c18-15-5-12(16-17(21-15)23-24-22-16)3-11-6-20-25(8-11)7-10-1-2-13-14(4-10)26-9-19-13/h1-2,4-6,8-9H,3,7H2,(H3,18,21,22,23,24). The smallest absolute Gasteiger partial charge is 0.203 e. The molecule has 4 aromatic heterocycles. The highest BCUT2D eigenvalue weighted by atomic mass is 32.1. The van der Waals surface area contributed by atoms with Gasteiger partial charge in [-0.2, -0.15) is 15.4 Å². The first kappa shape index (κ1) is 15.0. The lowest BCUT2D eigenvalue weighted by molar-refractivity contribution is 0.687. The molecule has 0 fully saturated rings. The summed E-state index contributed by atoms with van der Waals surface area (Å²) in [5.41, 5.74) is 13.3. The lowest BCUT2D eigenvalue weighted by Gasteiger charge is -2.02. The summed E-state index contributed by atoms with van der Waals surface area (Å²) in [5, 5.41) is 15.3. The van der Waals surface area contributed by atoms with E-state index in [0.717, 1.165) is 22.2 Å². The third-order valence-electron chi connectivity index (χ3n) is 4.21. The molecule has 3 N–H and O–H groups in total. The van der Waals surface area contributed by atoms with Crippen molar-refractivity contribution >= 4 is 38.5 Å². The summed E-state index contributed by atoms with van der Waals surface area (Å²) >= 11 is 1.65. The van der Waals surface area contributed by atoms with E-state index in [1.165, 1.54) is 10.3 Å². The van der Waals surface area contributed by atoms with Crippen molar-refractivity contribution in [2.24, 2.45) is 0 Å². The molecule has 0 atom stereocenters. The van der Waals surface area contributed by atoms with Crippen LogP contribution < -0.4 is 5.73 Å². The second-order valence-electron chi connectivity index (χ2n) is 6.08. The molecule has 0 amide bonds. The van der Waals surface area contributed by atoms with E-state index in [9.17, 15) is 0 Å². The molecule has 0 radical (unpaired) electrons. The van der Waals surface area contributed by atoms with Crippen LogP contribution in [-0.4, -0.2) is 35.2 Å². The molecule has 0 aliphatic rings. The van der Waals surface area contributed by atoms with Crippen molar-refractivity contribution in [1.29, 1.82) is 0 Å². The van der Waals surface area contributed by atoms with Gasteiger partial charge in [-0.25, -0.2) is 9.97 Å². The van der Waals surface area contributed by atoms with Gasteiger partial charge in [0.15, 0.2) is 0 Å². The first-order valence-electron chi connectivity index (χ1n) is 8.04. The van der Waals surface area contributed by atoms with E-state index in [2.05, 4.69) is 42.6 Å². The van der Waals surface area contributed by atoms with E-state index in [1.54, 1.807) is 11.3 Å². The van der Waals surface area contributed by atoms with E-state index in [-0.39, 0.29) is 0 Å². The molecule has 0 bridgehead atoms. The second kappa shape index (κ2) is 5.88. The van der Waals surface area contributed by atoms with Crippen molar-refractivity contribution in [3.8, 4) is 0 Å². The van der Waals surface area contributed by atoms with E-state index >= 15 is 0 Å². The molecule has 0 saturated carbocycles. The number of hydrogen-bond acceptors (Lipinski definition) is 7. The van der Waals surface area contributed by atoms with Gasteiger partial charge in [-0.15, -0.1) is 16.4 Å². The number of fused-ring (bicyclic) bond motifs is 2. The van der Waals surface area contributed by atoms with Crippen LogP contribution in [0.4, 0.5) is 5.82 Å². The van der Waals surface area contributed by atoms with Gasteiger partial charge in [0, 0.05) is 12.6 Å². The largest absolute Gasteiger partial charge is 0.384 e. The Morgan fingerprint density at radius 2 is 2.12 bits per heavy atom. The van der Waals surface area contributed by atoms with Crippen LogP contribution >= 0.6 is 11.3 Å². The molecule has 0 unspecified atom stereocenters. The maximum absolute atomic E-state index is 5.86. The highest BCUT2D eigenvalue weighted by Gasteiger charge is 2.10. The molecular formula is C17H14N8S. The minimum Gasteiger partial charge on any atom is -0.384 e. The number of H-pyrrole nitrogens is 1. The number of aromatic nitrogens is 7. The SMILES string of the molecule is Nc1cc(Cc2cnn(Cc3ccc4ncsc4c3)c2)c2n[nH]nc2n1. The number of rotatable bonds is 4. The van der Waals surface area contributed by atoms with E-state index < -0.39 is 0 Å². The van der Waals surface area contributed by atoms with Gasteiger partial charge < -0.3 is 5.73 Å². The van der Waals surface area contributed by atoms with Crippen LogP contribution in [0.1, 0.15) is 16.7 Å². The number of pyridine rings is 1. The zero-order chi connectivity index (χ0) is 17.5. The first-order chi connectivity index (χ1) is 12.7. The zero-order valence-corrected chi connectivity index (χ0v) is 14.4. The Bertz CT molecular complexity index is 1220. The monoisotopic (exact) mass is 362 g/mol. The summed E-state index contributed by atoms with van der Waals surface area (Å²) in [6, 6.07) is 8.13. The molecule has 0 aliphatic heterocycles. The van der Waals surface area contributed by atoms with Crippen LogP contribution in [0.3, 0.4) is 0 Å². The van der Waals surface area contributed by atoms with Gasteiger partial charge in [0.25, 0.3) is 0 Å². The topological polar surface area (TPSA) is 111 Å². The fourth-order valence-corrected chi connectivity index (χ4v) is 3.78. The number of anilines is 1. The van der Waals surface area contributed by atoms with E-state index in [4.69, 9.17) is 5.73 Å². The van der Waals surface area contributed by atoms with Gasteiger partial charge >= 0.3 is 0 Å². The third kappa shape index (κ3) is 2.68. The van der Waals surface area contributed by atoms with Crippen LogP contribution in [-0.2, 0) is 13.0 Å². The zero-order valence-electron chi connectivity index (χ0n) is 13.6. The molecule has 5 aromatic rings. The van der Waals surface area contributed by atoms with Crippen molar-refractivity contribution in [3.63, 3.8) is 0 Å². The number of nitrogens with zero attached hydrogens (tertiary/aromatic N) is 6. The van der Waals surface area contributed by atoms with Gasteiger partial charge in [0.05, 0.1) is 28.5 Å². The number of nitrogen functional groups attached to an aromatic ring is 1. The minimum atomic E-state index is 0.437.